The molecule has 0 aliphatic carbocycles. The molecule has 0 aliphatic heterocycles. The van der Waals surface area contributed by atoms with E-state index in [0.29, 0.717) is 16.9 Å². The number of hydrogen-bond acceptors (Lipinski definition) is 2. The van der Waals surface area contributed by atoms with Crippen molar-refractivity contribution in [3.63, 3.8) is 0 Å². The van der Waals surface area contributed by atoms with Crippen LogP contribution in [0.4, 0.5) is 4.39 Å². The molecule has 16 heavy (non-hydrogen) atoms. The summed E-state index contributed by atoms with van der Waals surface area (Å²) in [6.07, 6.45) is 0. The van der Waals surface area contributed by atoms with Gasteiger partial charge in [-0.05, 0) is 33.5 Å². The fraction of sp³-hybridized carbons (Fsp3) is 0.500. The first-order valence-electron chi connectivity index (χ1n) is 5.33. The largest absolute Gasteiger partial charge is 0.395 e. The average molecular weight is 290 g/mol. The Hall–Kier alpha value is -0.450. The van der Waals surface area contributed by atoms with Crippen molar-refractivity contribution in [1.29, 1.82) is 0 Å². The first-order chi connectivity index (χ1) is 7.56. The van der Waals surface area contributed by atoms with Crippen LogP contribution in [0.5, 0.6) is 0 Å². The molecule has 0 aliphatic rings. The second-order valence-electron chi connectivity index (χ2n) is 4.13. The molecule has 1 aromatic carbocycles. The van der Waals surface area contributed by atoms with Gasteiger partial charge >= 0.3 is 0 Å². The molecule has 0 fully saturated rings. The van der Waals surface area contributed by atoms with Crippen LogP contribution >= 0.6 is 15.9 Å². The van der Waals surface area contributed by atoms with E-state index in [1.165, 1.54) is 6.07 Å². The third-order valence-corrected chi connectivity index (χ3v) is 3.48. The van der Waals surface area contributed by atoms with Crippen LogP contribution in [-0.4, -0.2) is 17.8 Å². The summed E-state index contributed by atoms with van der Waals surface area (Å²) in [6.45, 7) is 4.70. The summed E-state index contributed by atoms with van der Waals surface area (Å²) in [4.78, 5) is 0. The highest BCUT2D eigenvalue weighted by molar-refractivity contribution is 9.10. The van der Waals surface area contributed by atoms with Crippen LogP contribution in [0, 0.1) is 11.7 Å². The second-order valence-corrected chi connectivity index (χ2v) is 4.92. The molecule has 0 aromatic heterocycles. The molecular formula is C12H17BrFNO. The minimum atomic E-state index is -0.260. The Bertz CT molecular complexity index is 344. The van der Waals surface area contributed by atoms with Gasteiger partial charge in [0.25, 0.3) is 0 Å². The van der Waals surface area contributed by atoms with Gasteiger partial charge in [0.15, 0.2) is 0 Å². The number of benzene rings is 1. The number of rotatable bonds is 5. The number of aliphatic hydroxyl groups is 1. The van der Waals surface area contributed by atoms with E-state index in [0.717, 1.165) is 5.56 Å². The fourth-order valence-corrected chi connectivity index (χ4v) is 1.84. The van der Waals surface area contributed by atoms with E-state index in [9.17, 15) is 4.39 Å². The van der Waals surface area contributed by atoms with Crippen molar-refractivity contribution >= 4 is 15.9 Å². The van der Waals surface area contributed by atoms with Crippen LogP contribution in [-0.2, 0) is 6.54 Å². The van der Waals surface area contributed by atoms with Crippen molar-refractivity contribution in [2.45, 2.75) is 26.4 Å². The molecule has 0 spiro atoms. The summed E-state index contributed by atoms with van der Waals surface area (Å²) in [6, 6.07) is 4.99. The van der Waals surface area contributed by atoms with Crippen LogP contribution < -0.4 is 5.32 Å². The van der Waals surface area contributed by atoms with Crippen LogP contribution in [0.2, 0.25) is 0 Å². The van der Waals surface area contributed by atoms with E-state index in [-0.39, 0.29) is 18.5 Å². The Kier molecular flexibility index (Phi) is 5.38. The molecule has 0 heterocycles. The van der Waals surface area contributed by atoms with Gasteiger partial charge in [-0.25, -0.2) is 4.39 Å². The highest BCUT2D eigenvalue weighted by atomic mass is 79.9. The summed E-state index contributed by atoms with van der Waals surface area (Å²) in [5, 5.41) is 12.4. The molecule has 2 N–H and O–H groups in total. The second kappa shape index (κ2) is 6.33. The van der Waals surface area contributed by atoms with Crippen LogP contribution in [0.25, 0.3) is 0 Å². The Balaban J connectivity index is 2.64. The summed E-state index contributed by atoms with van der Waals surface area (Å²) < 4.78 is 13.7. The van der Waals surface area contributed by atoms with Gasteiger partial charge < -0.3 is 10.4 Å². The molecule has 90 valence electrons. The van der Waals surface area contributed by atoms with Crippen molar-refractivity contribution in [3.8, 4) is 0 Å². The van der Waals surface area contributed by atoms with Gasteiger partial charge in [0.1, 0.15) is 5.82 Å². The van der Waals surface area contributed by atoms with E-state index < -0.39 is 0 Å². The maximum Gasteiger partial charge on any atom is 0.137 e. The zero-order valence-corrected chi connectivity index (χ0v) is 11.1. The fourth-order valence-electron chi connectivity index (χ4n) is 1.44. The zero-order chi connectivity index (χ0) is 12.1. The van der Waals surface area contributed by atoms with E-state index in [1.807, 2.05) is 19.9 Å². The number of nitrogens with one attached hydrogen (secondary N) is 1. The Morgan fingerprint density at radius 1 is 1.44 bits per heavy atom. The molecule has 0 saturated carbocycles. The minimum absolute atomic E-state index is 0.0372. The predicted molar refractivity (Wildman–Crippen MR) is 66.7 cm³/mol. The van der Waals surface area contributed by atoms with Crippen molar-refractivity contribution in [1.82, 2.24) is 5.32 Å². The van der Waals surface area contributed by atoms with E-state index in [4.69, 9.17) is 5.11 Å². The molecule has 2 nitrogen and oxygen atoms in total. The number of aliphatic hydroxyl groups excluding tert-OH is 1. The molecule has 4 heteroatoms. The molecule has 1 aromatic rings. The Morgan fingerprint density at radius 3 is 2.69 bits per heavy atom. The molecule has 0 bridgehead atoms. The summed E-state index contributed by atoms with van der Waals surface area (Å²) >= 11 is 3.21. The van der Waals surface area contributed by atoms with Crippen LogP contribution in [0.3, 0.4) is 0 Å². The smallest absolute Gasteiger partial charge is 0.137 e. The molecule has 0 saturated heterocycles. The van der Waals surface area contributed by atoms with Gasteiger partial charge in [-0.15, -0.1) is 0 Å². The highest BCUT2D eigenvalue weighted by Gasteiger charge is 2.12. The van der Waals surface area contributed by atoms with Crippen LogP contribution in [0.1, 0.15) is 19.4 Å². The van der Waals surface area contributed by atoms with Crippen molar-refractivity contribution < 1.29 is 9.50 Å². The third kappa shape index (κ3) is 3.54. The van der Waals surface area contributed by atoms with Gasteiger partial charge in [0.05, 0.1) is 11.1 Å². The number of halogens is 2. The molecule has 0 radical (unpaired) electrons. The molecular weight excluding hydrogens is 273 g/mol. The zero-order valence-electron chi connectivity index (χ0n) is 9.50. The van der Waals surface area contributed by atoms with Crippen LogP contribution in [0.15, 0.2) is 22.7 Å². The molecule has 1 atom stereocenters. The third-order valence-electron chi connectivity index (χ3n) is 2.59. The monoisotopic (exact) mass is 289 g/mol. The highest BCUT2D eigenvalue weighted by Crippen LogP contribution is 2.20. The Labute approximate surface area is 104 Å². The SMILES string of the molecule is CC(C)[C@@H](CO)NCc1cccc(F)c1Br. The first kappa shape index (κ1) is 13.6. The molecule has 1 rings (SSSR count). The Morgan fingerprint density at radius 2 is 2.12 bits per heavy atom. The average Bonchev–Trinajstić information content (AvgIpc) is 2.24. The lowest BCUT2D eigenvalue weighted by Gasteiger charge is -2.20. The van der Waals surface area contributed by atoms with E-state index in [2.05, 4.69) is 21.2 Å². The van der Waals surface area contributed by atoms with Crippen molar-refractivity contribution in [3.05, 3.63) is 34.1 Å². The molecule has 0 amide bonds. The van der Waals surface area contributed by atoms with Gasteiger partial charge in [0, 0.05) is 12.6 Å². The summed E-state index contributed by atoms with van der Waals surface area (Å²) in [5.41, 5.74) is 0.860. The molecule has 0 unspecified atom stereocenters. The summed E-state index contributed by atoms with van der Waals surface area (Å²) in [7, 11) is 0. The normalized spacial score (nSPS) is 13.1. The maximum atomic E-state index is 13.2. The van der Waals surface area contributed by atoms with Crippen molar-refractivity contribution in [2.75, 3.05) is 6.61 Å². The quantitative estimate of drug-likeness (QED) is 0.874. The van der Waals surface area contributed by atoms with Gasteiger partial charge in [-0.2, -0.15) is 0 Å². The predicted octanol–water partition coefficient (Wildman–Crippen LogP) is 2.69. The van der Waals surface area contributed by atoms with Gasteiger partial charge in [-0.3, -0.25) is 0 Å². The first-order valence-corrected chi connectivity index (χ1v) is 6.12. The standard InChI is InChI=1S/C12H17BrFNO/c1-8(2)11(7-16)15-6-9-4-3-5-10(14)12(9)13/h3-5,8,11,15-16H,6-7H2,1-2H3/t11-/m1/s1. The minimum Gasteiger partial charge on any atom is -0.395 e. The van der Waals surface area contributed by atoms with Gasteiger partial charge in [-0.1, -0.05) is 26.0 Å². The lowest BCUT2D eigenvalue weighted by Crippen LogP contribution is -2.36. The topological polar surface area (TPSA) is 32.3 Å². The van der Waals surface area contributed by atoms with E-state index in [1.54, 1.807) is 6.07 Å². The number of hydrogen-bond donors (Lipinski definition) is 2. The lowest BCUT2D eigenvalue weighted by atomic mass is 10.1. The lowest BCUT2D eigenvalue weighted by molar-refractivity contribution is 0.210. The van der Waals surface area contributed by atoms with Crippen molar-refractivity contribution in [2.24, 2.45) is 5.92 Å². The summed E-state index contributed by atoms with van der Waals surface area (Å²) in [5.74, 6) is 0.0849. The maximum absolute atomic E-state index is 13.2. The van der Waals surface area contributed by atoms with E-state index >= 15 is 0 Å². The van der Waals surface area contributed by atoms with Gasteiger partial charge in [0.2, 0.25) is 0 Å².